The quantitative estimate of drug-likeness (QED) is 0.317. The smallest absolute Gasteiger partial charge is 0.266 e. The summed E-state index contributed by atoms with van der Waals surface area (Å²) in [6.07, 6.45) is 3.55. The number of carbonyl (C=O) groups excluding carboxylic acids is 1. The molecule has 5 nitrogen and oxygen atoms in total. The SMILES string of the molecule is Cc1ccc(S(=O)(=O)OCCCCCN=C=O)cc1. The highest BCUT2D eigenvalue weighted by Gasteiger charge is 2.13. The van der Waals surface area contributed by atoms with Crippen molar-refractivity contribution in [2.45, 2.75) is 31.1 Å². The molecule has 0 aromatic heterocycles. The van der Waals surface area contributed by atoms with E-state index < -0.39 is 10.1 Å². The number of aryl methyl sites for hydroxylation is 1. The van der Waals surface area contributed by atoms with Crippen LogP contribution in [0.4, 0.5) is 0 Å². The largest absolute Gasteiger partial charge is 0.296 e. The van der Waals surface area contributed by atoms with Crippen molar-refractivity contribution in [3.05, 3.63) is 29.8 Å². The van der Waals surface area contributed by atoms with E-state index in [2.05, 4.69) is 4.99 Å². The Morgan fingerprint density at radius 3 is 2.47 bits per heavy atom. The summed E-state index contributed by atoms with van der Waals surface area (Å²) in [7, 11) is -3.66. The highest BCUT2D eigenvalue weighted by Crippen LogP contribution is 2.13. The molecule has 104 valence electrons. The maximum Gasteiger partial charge on any atom is 0.296 e. The molecule has 0 unspecified atom stereocenters. The molecule has 19 heavy (non-hydrogen) atoms. The van der Waals surface area contributed by atoms with Crippen molar-refractivity contribution in [2.75, 3.05) is 13.2 Å². The van der Waals surface area contributed by atoms with E-state index in [4.69, 9.17) is 4.18 Å². The van der Waals surface area contributed by atoms with Crippen LogP contribution in [0.2, 0.25) is 0 Å². The first-order valence-electron chi connectivity index (χ1n) is 6.06. The molecule has 0 aliphatic rings. The van der Waals surface area contributed by atoms with Gasteiger partial charge in [-0.2, -0.15) is 8.42 Å². The molecule has 0 saturated carbocycles. The van der Waals surface area contributed by atoms with Gasteiger partial charge in [-0.05, 0) is 38.3 Å². The molecular weight excluding hydrogens is 266 g/mol. The van der Waals surface area contributed by atoms with Crippen molar-refractivity contribution in [3.63, 3.8) is 0 Å². The van der Waals surface area contributed by atoms with Gasteiger partial charge >= 0.3 is 0 Å². The first-order chi connectivity index (χ1) is 9.06. The first-order valence-corrected chi connectivity index (χ1v) is 7.47. The highest BCUT2D eigenvalue weighted by molar-refractivity contribution is 7.86. The second-order valence-electron chi connectivity index (χ2n) is 4.12. The first kappa shape index (κ1) is 15.6. The van der Waals surface area contributed by atoms with Crippen molar-refractivity contribution in [1.29, 1.82) is 0 Å². The third-order valence-electron chi connectivity index (χ3n) is 2.53. The Hall–Kier alpha value is -1.49. The minimum absolute atomic E-state index is 0.140. The Bertz CT molecular complexity index is 530. The predicted molar refractivity (Wildman–Crippen MR) is 71.2 cm³/mol. The zero-order valence-electron chi connectivity index (χ0n) is 10.8. The van der Waals surface area contributed by atoms with Gasteiger partial charge in [-0.3, -0.25) is 4.18 Å². The molecule has 1 aromatic carbocycles. The fourth-order valence-electron chi connectivity index (χ4n) is 1.46. The van der Waals surface area contributed by atoms with E-state index in [0.29, 0.717) is 13.0 Å². The summed E-state index contributed by atoms with van der Waals surface area (Å²) < 4.78 is 28.5. The molecule has 0 aliphatic carbocycles. The maximum absolute atomic E-state index is 11.8. The van der Waals surface area contributed by atoms with Gasteiger partial charge in [0.1, 0.15) is 0 Å². The molecule has 0 saturated heterocycles. The lowest BCUT2D eigenvalue weighted by molar-refractivity contribution is 0.307. The minimum atomic E-state index is -3.66. The van der Waals surface area contributed by atoms with Gasteiger partial charge in [0, 0.05) is 0 Å². The molecule has 0 heterocycles. The number of unbranched alkanes of at least 4 members (excludes halogenated alkanes) is 2. The summed E-state index contributed by atoms with van der Waals surface area (Å²) >= 11 is 0. The normalized spacial score (nSPS) is 11.0. The molecule has 6 heteroatoms. The molecule has 0 bridgehead atoms. The molecule has 0 radical (unpaired) electrons. The summed E-state index contributed by atoms with van der Waals surface area (Å²) in [5.41, 5.74) is 0.995. The van der Waals surface area contributed by atoms with Gasteiger partial charge in [0.05, 0.1) is 18.0 Å². The summed E-state index contributed by atoms with van der Waals surface area (Å²) in [5, 5.41) is 0. The Labute approximate surface area is 113 Å². The molecule has 1 aromatic rings. The number of rotatable bonds is 8. The van der Waals surface area contributed by atoms with E-state index in [1.54, 1.807) is 12.1 Å². The van der Waals surface area contributed by atoms with Gasteiger partial charge in [0.15, 0.2) is 0 Å². The van der Waals surface area contributed by atoms with E-state index in [-0.39, 0.29) is 11.5 Å². The van der Waals surface area contributed by atoms with E-state index >= 15 is 0 Å². The van der Waals surface area contributed by atoms with Crippen LogP contribution >= 0.6 is 0 Å². The zero-order valence-corrected chi connectivity index (χ0v) is 11.6. The van der Waals surface area contributed by atoms with E-state index in [9.17, 15) is 13.2 Å². The molecule has 0 aliphatic heterocycles. The maximum atomic E-state index is 11.8. The van der Waals surface area contributed by atoms with Crippen LogP contribution in [0.3, 0.4) is 0 Å². The van der Waals surface area contributed by atoms with Crippen molar-refractivity contribution >= 4 is 16.2 Å². The second kappa shape index (κ2) is 7.84. The molecular formula is C13H17NO4S. The van der Waals surface area contributed by atoms with Crippen molar-refractivity contribution in [2.24, 2.45) is 4.99 Å². The second-order valence-corrected chi connectivity index (χ2v) is 5.74. The van der Waals surface area contributed by atoms with Gasteiger partial charge in [0.25, 0.3) is 10.1 Å². The van der Waals surface area contributed by atoms with Gasteiger partial charge in [-0.25, -0.2) is 9.79 Å². The van der Waals surface area contributed by atoms with Crippen molar-refractivity contribution in [1.82, 2.24) is 0 Å². The lowest BCUT2D eigenvalue weighted by atomic mass is 10.2. The number of hydrogen-bond acceptors (Lipinski definition) is 5. The zero-order chi connectivity index (χ0) is 14.1. The van der Waals surface area contributed by atoms with E-state index in [1.165, 1.54) is 18.2 Å². The standard InChI is InChI=1S/C13H17NO4S/c1-12-5-7-13(8-6-12)19(16,17)18-10-4-2-3-9-14-11-15/h5-8H,2-4,9-10H2,1H3. The Morgan fingerprint density at radius 1 is 1.16 bits per heavy atom. The van der Waals surface area contributed by atoms with Crippen LogP contribution in [0.15, 0.2) is 34.2 Å². The Balaban J connectivity index is 2.35. The monoisotopic (exact) mass is 283 g/mol. The Morgan fingerprint density at radius 2 is 1.84 bits per heavy atom. The van der Waals surface area contributed by atoms with Crippen LogP contribution in [0, 0.1) is 6.92 Å². The van der Waals surface area contributed by atoms with E-state index in [1.807, 2.05) is 6.92 Å². The van der Waals surface area contributed by atoms with Crippen LogP contribution in [0.5, 0.6) is 0 Å². The molecule has 0 fully saturated rings. The van der Waals surface area contributed by atoms with Crippen LogP contribution < -0.4 is 0 Å². The molecule has 0 atom stereocenters. The molecule has 1 rings (SSSR count). The third kappa shape index (κ3) is 5.79. The third-order valence-corrected chi connectivity index (χ3v) is 3.85. The predicted octanol–water partition coefficient (Wildman–Crippen LogP) is 2.21. The summed E-state index contributed by atoms with van der Waals surface area (Å²) in [4.78, 5) is 13.4. The van der Waals surface area contributed by atoms with Crippen LogP contribution in [-0.4, -0.2) is 27.6 Å². The van der Waals surface area contributed by atoms with Crippen LogP contribution in [0.25, 0.3) is 0 Å². The van der Waals surface area contributed by atoms with Crippen LogP contribution in [0.1, 0.15) is 24.8 Å². The summed E-state index contributed by atoms with van der Waals surface area (Å²) in [6, 6.07) is 6.52. The highest BCUT2D eigenvalue weighted by atomic mass is 32.2. The Kier molecular flexibility index (Phi) is 6.42. The molecule has 0 spiro atoms. The lowest BCUT2D eigenvalue weighted by Crippen LogP contribution is -2.07. The van der Waals surface area contributed by atoms with E-state index in [0.717, 1.165) is 18.4 Å². The van der Waals surface area contributed by atoms with Crippen molar-refractivity contribution < 1.29 is 17.4 Å². The number of hydrogen-bond donors (Lipinski definition) is 0. The topological polar surface area (TPSA) is 72.8 Å². The summed E-state index contributed by atoms with van der Waals surface area (Å²) in [6.45, 7) is 2.45. The average Bonchev–Trinajstić information content (AvgIpc) is 2.38. The number of benzene rings is 1. The fourth-order valence-corrected chi connectivity index (χ4v) is 2.40. The molecule has 0 amide bonds. The summed E-state index contributed by atoms with van der Waals surface area (Å²) in [5.74, 6) is 0. The van der Waals surface area contributed by atoms with Crippen LogP contribution in [-0.2, 0) is 19.1 Å². The van der Waals surface area contributed by atoms with Gasteiger partial charge in [-0.15, -0.1) is 0 Å². The number of aliphatic imine (C=N–C) groups is 1. The fraction of sp³-hybridized carbons (Fsp3) is 0.462. The van der Waals surface area contributed by atoms with Crippen molar-refractivity contribution in [3.8, 4) is 0 Å². The number of nitrogens with zero attached hydrogens (tertiary/aromatic N) is 1. The number of isocyanates is 1. The lowest BCUT2D eigenvalue weighted by Gasteiger charge is -2.05. The molecule has 0 N–H and O–H groups in total. The van der Waals surface area contributed by atoms with Gasteiger partial charge in [0.2, 0.25) is 6.08 Å². The minimum Gasteiger partial charge on any atom is -0.266 e. The van der Waals surface area contributed by atoms with Gasteiger partial charge < -0.3 is 0 Å². The average molecular weight is 283 g/mol. The van der Waals surface area contributed by atoms with Gasteiger partial charge in [-0.1, -0.05) is 17.7 Å².